The van der Waals surface area contributed by atoms with E-state index in [1.807, 2.05) is 62.4 Å². The fourth-order valence-corrected chi connectivity index (χ4v) is 2.57. The summed E-state index contributed by atoms with van der Waals surface area (Å²) in [5.41, 5.74) is 1.61. The second kappa shape index (κ2) is 5.64. The van der Waals surface area contributed by atoms with Crippen molar-refractivity contribution >= 4 is 10.9 Å². The topological polar surface area (TPSA) is 44.1 Å². The fraction of sp³-hybridized carbons (Fsp3) is 0.222. The van der Waals surface area contributed by atoms with Crippen LogP contribution in [-0.2, 0) is 0 Å². The first kappa shape index (κ1) is 14.3. The van der Waals surface area contributed by atoms with Gasteiger partial charge in [0.25, 0.3) is 5.56 Å². The summed E-state index contributed by atoms with van der Waals surface area (Å²) in [4.78, 5) is 17.5. The second-order valence-corrected chi connectivity index (χ2v) is 5.45. The molecule has 1 aromatic heterocycles. The van der Waals surface area contributed by atoms with Crippen molar-refractivity contribution in [3.8, 4) is 17.1 Å². The molecule has 0 fully saturated rings. The zero-order chi connectivity index (χ0) is 15.7. The first-order chi connectivity index (χ1) is 10.6. The number of benzene rings is 2. The smallest absolute Gasteiger partial charge is 0.261 e. The van der Waals surface area contributed by atoms with E-state index in [2.05, 4.69) is 0 Å². The quantitative estimate of drug-likeness (QED) is 0.740. The maximum Gasteiger partial charge on any atom is 0.261 e. The maximum absolute atomic E-state index is 12.8. The van der Waals surface area contributed by atoms with Crippen molar-refractivity contribution in [3.05, 3.63) is 58.9 Å². The zero-order valence-corrected chi connectivity index (χ0v) is 12.9. The van der Waals surface area contributed by atoms with Crippen LogP contribution in [0.5, 0.6) is 5.75 Å². The lowest BCUT2D eigenvalue weighted by molar-refractivity contribution is 0.415. The van der Waals surface area contributed by atoms with E-state index < -0.39 is 0 Å². The molecule has 0 aliphatic carbocycles. The van der Waals surface area contributed by atoms with E-state index in [1.54, 1.807) is 11.7 Å². The Kier molecular flexibility index (Phi) is 3.67. The van der Waals surface area contributed by atoms with Gasteiger partial charge in [0, 0.05) is 11.6 Å². The molecule has 3 aromatic rings. The lowest BCUT2D eigenvalue weighted by atomic mass is 10.1. The first-order valence-corrected chi connectivity index (χ1v) is 7.27. The minimum Gasteiger partial charge on any atom is -0.497 e. The van der Waals surface area contributed by atoms with Crippen molar-refractivity contribution in [1.82, 2.24) is 9.55 Å². The molecule has 2 aromatic carbocycles. The SMILES string of the molecule is COc1ccc(-c2nc3ccccc3c(=O)n2C(C)C)cc1. The highest BCUT2D eigenvalue weighted by atomic mass is 16.5. The molecule has 0 atom stereocenters. The van der Waals surface area contributed by atoms with Gasteiger partial charge in [0.15, 0.2) is 0 Å². The van der Waals surface area contributed by atoms with Gasteiger partial charge >= 0.3 is 0 Å². The highest BCUT2D eigenvalue weighted by Gasteiger charge is 2.14. The molecule has 0 N–H and O–H groups in total. The molecule has 0 radical (unpaired) electrons. The third-order valence-corrected chi connectivity index (χ3v) is 3.67. The Morgan fingerprint density at radius 2 is 1.73 bits per heavy atom. The Bertz CT molecular complexity index is 864. The summed E-state index contributed by atoms with van der Waals surface area (Å²) in [6.07, 6.45) is 0. The van der Waals surface area contributed by atoms with Crippen LogP contribution in [0.1, 0.15) is 19.9 Å². The van der Waals surface area contributed by atoms with Crippen LogP contribution in [0.2, 0.25) is 0 Å². The molecule has 112 valence electrons. The highest BCUT2D eigenvalue weighted by molar-refractivity contribution is 5.79. The number of hydrogen-bond acceptors (Lipinski definition) is 3. The van der Waals surface area contributed by atoms with Gasteiger partial charge in [-0.25, -0.2) is 4.98 Å². The first-order valence-electron chi connectivity index (χ1n) is 7.27. The number of para-hydroxylation sites is 1. The number of hydrogen-bond donors (Lipinski definition) is 0. The van der Waals surface area contributed by atoms with Gasteiger partial charge in [0.1, 0.15) is 11.6 Å². The lowest BCUT2D eigenvalue weighted by Crippen LogP contribution is -2.25. The molecule has 22 heavy (non-hydrogen) atoms. The lowest BCUT2D eigenvalue weighted by Gasteiger charge is -2.17. The Balaban J connectivity index is 2.31. The Morgan fingerprint density at radius 3 is 2.36 bits per heavy atom. The zero-order valence-electron chi connectivity index (χ0n) is 12.9. The van der Waals surface area contributed by atoms with E-state index >= 15 is 0 Å². The van der Waals surface area contributed by atoms with Gasteiger partial charge in [-0.2, -0.15) is 0 Å². The van der Waals surface area contributed by atoms with Gasteiger partial charge < -0.3 is 4.74 Å². The van der Waals surface area contributed by atoms with E-state index in [9.17, 15) is 4.79 Å². The van der Waals surface area contributed by atoms with Crippen molar-refractivity contribution in [3.63, 3.8) is 0 Å². The molecule has 0 aliphatic heterocycles. The molecular weight excluding hydrogens is 276 g/mol. The molecule has 0 saturated carbocycles. The van der Waals surface area contributed by atoms with Crippen LogP contribution >= 0.6 is 0 Å². The van der Waals surface area contributed by atoms with Gasteiger partial charge in [-0.3, -0.25) is 9.36 Å². The molecular formula is C18H18N2O2. The van der Waals surface area contributed by atoms with Crippen LogP contribution in [0.3, 0.4) is 0 Å². The van der Waals surface area contributed by atoms with Crippen molar-refractivity contribution in [2.24, 2.45) is 0 Å². The van der Waals surface area contributed by atoms with Crippen molar-refractivity contribution in [1.29, 1.82) is 0 Å². The molecule has 0 bridgehead atoms. The monoisotopic (exact) mass is 294 g/mol. The van der Waals surface area contributed by atoms with Crippen molar-refractivity contribution in [2.45, 2.75) is 19.9 Å². The Hall–Kier alpha value is -2.62. The van der Waals surface area contributed by atoms with Crippen LogP contribution in [0.25, 0.3) is 22.3 Å². The summed E-state index contributed by atoms with van der Waals surface area (Å²) in [6, 6.07) is 15.1. The van der Waals surface area contributed by atoms with Crippen molar-refractivity contribution < 1.29 is 4.74 Å². The largest absolute Gasteiger partial charge is 0.497 e. The van der Waals surface area contributed by atoms with E-state index in [0.717, 1.165) is 16.8 Å². The predicted octanol–water partition coefficient (Wildman–Crippen LogP) is 3.65. The summed E-state index contributed by atoms with van der Waals surface area (Å²) >= 11 is 0. The minimum atomic E-state index is -0.00795. The summed E-state index contributed by atoms with van der Waals surface area (Å²) < 4.78 is 6.93. The Morgan fingerprint density at radius 1 is 1.05 bits per heavy atom. The number of rotatable bonds is 3. The van der Waals surface area contributed by atoms with Gasteiger partial charge in [-0.1, -0.05) is 12.1 Å². The molecule has 0 spiro atoms. The summed E-state index contributed by atoms with van der Waals surface area (Å²) in [7, 11) is 1.63. The molecule has 0 unspecified atom stereocenters. The average molecular weight is 294 g/mol. The number of ether oxygens (including phenoxy) is 1. The predicted molar refractivity (Wildman–Crippen MR) is 88.4 cm³/mol. The normalized spacial score (nSPS) is 11.1. The molecule has 3 rings (SSSR count). The highest BCUT2D eigenvalue weighted by Crippen LogP contribution is 2.23. The second-order valence-electron chi connectivity index (χ2n) is 5.45. The van der Waals surface area contributed by atoms with Crippen LogP contribution in [0.4, 0.5) is 0 Å². The molecule has 0 saturated heterocycles. The number of methoxy groups -OCH3 is 1. The third kappa shape index (κ3) is 2.37. The molecule has 4 heteroatoms. The summed E-state index contributed by atoms with van der Waals surface area (Å²) in [5, 5.41) is 0.647. The maximum atomic E-state index is 12.8. The van der Waals surface area contributed by atoms with E-state index in [1.165, 1.54) is 0 Å². The molecule has 0 amide bonds. The van der Waals surface area contributed by atoms with Gasteiger partial charge in [-0.15, -0.1) is 0 Å². The van der Waals surface area contributed by atoms with Gasteiger partial charge in [0.2, 0.25) is 0 Å². The van der Waals surface area contributed by atoms with E-state index in [0.29, 0.717) is 11.2 Å². The van der Waals surface area contributed by atoms with E-state index in [4.69, 9.17) is 9.72 Å². The molecule has 0 aliphatic rings. The summed E-state index contributed by atoms with van der Waals surface area (Å²) in [5.74, 6) is 1.46. The van der Waals surface area contributed by atoms with E-state index in [-0.39, 0.29) is 11.6 Å². The number of fused-ring (bicyclic) bond motifs is 1. The van der Waals surface area contributed by atoms with Crippen LogP contribution in [0.15, 0.2) is 53.3 Å². The minimum absolute atomic E-state index is 0.00795. The van der Waals surface area contributed by atoms with Gasteiger partial charge in [0.05, 0.1) is 18.0 Å². The van der Waals surface area contributed by atoms with Crippen LogP contribution in [0, 0.1) is 0 Å². The number of nitrogens with zero attached hydrogens (tertiary/aromatic N) is 2. The third-order valence-electron chi connectivity index (χ3n) is 3.67. The van der Waals surface area contributed by atoms with Crippen molar-refractivity contribution in [2.75, 3.05) is 7.11 Å². The fourth-order valence-electron chi connectivity index (χ4n) is 2.57. The Labute approximate surface area is 129 Å². The van der Waals surface area contributed by atoms with Crippen LogP contribution in [-0.4, -0.2) is 16.7 Å². The van der Waals surface area contributed by atoms with Gasteiger partial charge in [-0.05, 0) is 50.2 Å². The molecule has 4 nitrogen and oxygen atoms in total. The molecule has 1 heterocycles. The summed E-state index contributed by atoms with van der Waals surface area (Å²) in [6.45, 7) is 3.98. The van der Waals surface area contributed by atoms with Crippen LogP contribution < -0.4 is 10.3 Å². The number of aromatic nitrogens is 2. The standard InChI is InChI=1S/C18H18N2O2/c1-12(2)20-17(13-8-10-14(22-3)11-9-13)19-16-7-5-4-6-15(16)18(20)21/h4-12H,1-3H3. The average Bonchev–Trinajstić information content (AvgIpc) is 2.54.